The molecule has 0 bridgehead atoms. The van der Waals surface area contributed by atoms with Gasteiger partial charge in [0.2, 0.25) is 0 Å². The van der Waals surface area contributed by atoms with Crippen LogP contribution in [-0.4, -0.2) is 9.97 Å². The van der Waals surface area contributed by atoms with Crippen LogP contribution in [0, 0.1) is 31.2 Å². The Bertz CT molecular complexity index is 681. The van der Waals surface area contributed by atoms with Gasteiger partial charge in [0.1, 0.15) is 16.3 Å². The van der Waals surface area contributed by atoms with E-state index in [0.717, 1.165) is 41.1 Å². The van der Waals surface area contributed by atoms with Crippen molar-refractivity contribution in [3.8, 4) is 11.3 Å². The summed E-state index contributed by atoms with van der Waals surface area (Å²) in [6.07, 6.45) is 1.78. The van der Waals surface area contributed by atoms with Gasteiger partial charge < -0.3 is 4.98 Å². The van der Waals surface area contributed by atoms with E-state index in [0.29, 0.717) is 10.2 Å². The number of hydrogen-bond donors (Lipinski definition) is 1. The maximum atomic E-state index is 14.4. The summed E-state index contributed by atoms with van der Waals surface area (Å²) in [6, 6.07) is 3.53. The zero-order chi connectivity index (χ0) is 14.9. The average molecular weight is 290 g/mol. The smallest absolute Gasteiger partial charge is 0.133 e. The van der Waals surface area contributed by atoms with E-state index in [4.69, 9.17) is 12.2 Å². The highest BCUT2D eigenvalue weighted by atomic mass is 32.1. The third-order valence-corrected chi connectivity index (χ3v) is 3.77. The van der Waals surface area contributed by atoms with Gasteiger partial charge in [0, 0.05) is 17.5 Å². The summed E-state index contributed by atoms with van der Waals surface area (Å²) >= 11 is 5.30. The van der Waals surface area contributed by atoms with Crippen LogP contribution in [0.5, 0.6) is 0 Å². The summed E-state index contributed by atoms with van der Waals surface area (Å²) in [5, 5.41) is 0. The molecule has 0 saturated heterocycles. The third-order valence-electron chi connectivity index (χ3n) is 3.37. The van der Waals surface area contributed by atoms with Gasteiger partial charge in [0.25, 0.3) is 0 Å². The molecule has 1 aromatic carbocycles. The Kier molecular flexibility index (Phi) is 4.33. The SMILES string of the molecule is CCCc1nc(=S)c(C)c(-c2c(C)cc(C)cc2F)[nH]1. The molecule has 0 amide bonds. The normalized spacial score (nSPS) is 10.8. The minimum absolute atomic E-state index is 0.218. The van der Waals surface area contributed by atoms with Crippen LogP contribution in [0.4, 0.5) is 4.39 Å². The maximum Gasteiger partial charge on any atom is 0.133 e. The van der Waals surface area contributed by atoms with Gasteiger partial charge in [0.15, 0.2) is 0 Å². The van der Waals surface area contributed by atoms with Crippen molar-refractivity contribution in [2.45, 2.75) is 40.5 Å². The number of aromatic amines is 1. The van der Waals surface area contributed by atoms with Crippen molar-refractivity contribution in [2.75, 3.05) is 0 Å². The van der Waals surface area contributed by atoms with Crippen molar-refractivity contribution in [1.82, 2.24) is 9.97 Å². The van der Waals surface area contributed by atoms with E-state index in [1.807, 2.05) is 26.8 Å². The van der Waals surface area contributed by atoms with Crippen LogP contribution in [0.1, 0.15) is 35.9 Å². The number of H-pyrrole nitrogens is 1. The summed E-state index contributed by atoms with van der Waals surface area (Å²) in [6.45, 7) is 7.77. The molecule has 0 unspecified atom stereocenters. The first-order valence-corrected chi connectivity index (χ1v) is 7.21. The molecule has 20 heavy (non-hydrogen) atoms. The Labute approximate surface area is 124 Å². The Morgan fingerprint density at radius 2 is 1.95 bits per heavy atom. The first kappa shape index (κ1) is 14.9. The van der Waals surface area contributed by atoms with Gasteiger partial charge in [-0.3, -0.25) is 0 Å². The molecule has 0 aliphatic carbocycles. The molecular formula is C16H19FN2S. The minimum Gasteiger partial charge on any atom is -0.343 e. The second-order valence-electron chi connectivity index (χ2n) is 5.18. The number of hydrogen-bond acceptors (Lipinski definition) is 2. The molecule has 0 aliphatic rings. The van der Waals surface area contributed by atoms with Crippen LogP contribution >= 0.6 is 12.2 Å². The number of nitrogens with zero attached hydrogens (tertiary/aromatic N) is 1. The average Bonchev–Trinajstić information content (AvgIpc) is 2.34. The second-order valence-corrected chi connectivity index (χ2v) is 5.56. The van der Waals surface area contributed by atoms with E-state index in [2.05, 4.69) is 16.9 Å². The van der Waals surface area contributed by atoms with E-state index in [1.54, 1.807) is 6.07 Å². The number of aryl methyl sites for hydroxylation is 3. The molecule has 0 saturated carbocycles. The van der Waals surface area contributed by atoms with Crippen molar-refractivity contribution >= 4 is 12.2 Å². The molecular weight excluding hydrogens is 271 g/mol. The highest BCUT2D eigenvalue weighted by molar-refractivity contribution is 7.71. The van der Waals surface area contributed by atoms with Crippen LogP contribution in [0.25, 0.3) is 11.3 Å². The highest BCUT2D eigenvalue weighted by Crippen LogP contribution is 2.29. The largest absolute Gasteiger partial charge is 0.343 e. The van der Waals surface area contributed by atoms with E-state index < -0.39 is 0 Å². The zero-order valence-electron chi connectivity index (χ0n) is 12.3. The molecule has 2 aromatic rings. The van der Waals surface area contributed by atoms with Gasteiger partial charge in [-0.2, -0.15) is 0 Å². The lowest BCUT2D eigenvalue weighted by molar-refractivity contribution is 0.628. The highest BCUT2D eigenvalue weighted by Gasteiger charge is 2.14. The molecule has 0 radical (unpaired) electrons. The summed E-state index contributed by atoms with van der Waals surface area (Å²) in [7, 11) is 0. The fraction of sp³-hybridized carbons (Fsp3) is 0.375. The first-order chi connectivity index (χ1) is 9.43. The topological polar surface area (TPSA) is 28.7 Å². The van der Waals surface area contributed by atoms with Crippen molar-refractivity contribution in [3.63, 3.8) is 0 Å². The third kappa shape index (κ3) is 2.80. The van der Waals surface area contributed by atoms with Crippen molar-refractivity contribution in [2.24, 2.45) is 0 Å². The Morgan fingerprint density at radius 3 is 2.55 bits per heavy atom. The predicted molar refractivity (Wildman–Crippen MR) is 83.0 cm³/mol. The molecule has 0 atom stereocenters. The van der Waals surface area contributed by atoms with Crippen LogP contribution in [-0.2, 0) is 6.42 Å². The van der Waals surface area contributed by atoms with Crippen LogP contribution in [0.3, 0.4) is 0 Å². The number of halogens is 1. The lowest BCUT2D eigenvalue weighted by atomic mass is 9.99. The predicted octanol–water partition coefficient (Wildman–Crippen LogP) is 4.82. The molecule has 2 nitrogen and oxygen atoms in total. The van der Waals surface area contributed by atoms with Gasteiger partial charge in [-0.15, -0.1) is 0 Å². The lowest BCUT2D eigenvalue weighted by Gasteiger charge is -2.13. The molecule has 1 heterocycles. The molecule has 0 fully saturated rings. The molecule has 2 rings (SSSR count). The second kappa shape index (κ2) is 5.83. The molecule has 4 heteroatoms. The summed E-state index contributed by atoms with van der Waals surface area (Å²) < 4.78 is 14.9. The Balaban J connectivity index is 2.72. The Hall–Kier alpha value is -1.55. The molecule has 106 valence electrons. The minimum atomic E-state index is -0.218. The van der Waals surface area contributed by atoms with E-state index >= 15 is 0 Å². The van der Waals surface area contributed by atoms with Crippen LogP contribution < -0.4 is 0 Å². The van der Waals surface area contributed by atoms with Gasteiger partial charge in [-0.25, -0.2) is 9.37 Å². The molecule has 0 aliphatic heterocycles. The van der Waals surface area contributed by atoms with Gasteiger partial charge >= 0.3 is 0 Å². The molecule has 0 spiro atoms. The number of benzene rings is 1. The van der Waals surface area contributed by atoms with Crippen molar-refractivity contribution in [3.05, 3.63) is 45.1 Å². The monoisotopic (exact) mass is 290 g/mol. The number of rotatable bonds is 3. The van der Waals surface area contributed by atoms with E-state index in [1.165, 1.54) is 0 Å². The molecule has 1 aromatic heterocycles. The van der Waals surface area contributed by atoms with Gasteiger partial charge in [0.05, 0.1) is 5.69 Å². The number of nitrogens with one attached hydrogen (secondary N) is 1. The zero-order valence-corrected chi connectivity index (χ0v) is 13.1. The standard InChI is InChI=1S/C16H19FN2S/c1-5-6-13-18-15(11(4)16(20)19-13)14-10(3)7-9(2)8-12(14)17/h7-8H,5-6H2,1-4H3,(H,18,19,20). The van der Waals surface area contributed by atoms with Crippen molar-refractivity contribution in [1.29, 1.82) is 0 Å². The fourth-order valence-electron chi connectivity index (χ4n) is 2.42. The van der Waals surface area contributed by atoms with Crippen LogP contribution in [0.15, 0.2) is 12.1 Å². The summed E-state index contributed by atoms with van der Waals surface area (Å²) in [4.78, 5) is 7.62. The lowest BCUT2D eigenvalue weighted by Crippen LogP contribution is -2.03. The van der Waals surface area contributed by atoms with Gasteiger partial charge in [-0.05, 0) is 44.4 Å². The maximum absolute atomic E-state index is 14.4. The quantitative estimate of drug-likeness (QED) is 0.821. The van der Waals surface area contributed by atoms with Crippen molar-refractivity contribution < 1.29 is 4.39 Å². The van der Waals surface area contributed by atoms with E-state index in [-0.39, 0.29) is 5.82 Å². The van der Waals surface area contributed by atoms with Gasteiger partial charge in [-0.1, -0.05) is 25.2 Å². The summed E-state index contributed by atoms with van der Waals surface area (Å²) in [5.74, 6) is 0.599. The molecule has 1 N–H and O–H groups in total. The summed E-state index contributed by atoms with van der Waals surface area (Å²) in [5.41, 5.74) is 4.00. The van der Waals surface area contributed by atoms with E-state index in [9.17, 15) is 4.39 Å². The number of aromatic nitrogens is 2. The fourth-order valence-corrected chi connectivity index (χ4v) is 2.63. The van der Waals surface area contributed by atoms with Crippen LogP contribution in [0.2, 0.25) is 0 Å². The first-order valence-electron chi connectivity index (χ1n) is 6.81. The Morgan fingerprint density at radius 1 is 1.25 bits per heavy atom.